The molecule has 0 bridgehead atoms. The van der Waals surface area contributed by atoms with E-state index in [0.717, 1.165) is 6.42 Å². The van der Waals surface area contributed by atoms with E-state index in [1.54, 1.807) is 6.92 Å². The summed E-state index contributed by atoms with van der Waals surface area (Å²) in [4.78, 5) is 11.8. The number of hydrogen-bond acceptors (Lipinski definition) is 3. The van der Waals surface area contributed by atoms with Gasteiger partial charge in [0.05, 0.1) is 6.61 Å². The number of benzene rings is 2. The predicted molar refractivity (Wildman–Crippen MR) is 128 cm³/mol. The van der Waals surface area contributed by atoms with Crippen molar-refractivity contribution in [3.05, 3.63) is 85.5 Å². The van der Waals surface area contributed by atoms with Crippen molar-refractivity contribution in [2.75, 3.05) is 13.2 Å². The fourth-order valence-corrected chi connectivity index (χ4v) is 8.43. The first kappa shape index (κ1) is 23.8. The van der Waals surface area contributed by atoms with E-state index in [2.05, 4.69) is 75.9 Å². The van der Waals surface area contributed by atoms with E-state index in [1.165, 1.54) is 16.4 Å². The second-order valence-electron chi connectivity index (χ2n) is 8.37. The van der Waals surface area contributed by atoms with Gasteiger partial charge < -0.3 is 9.16 Å². The average molecular weight is 423 g/mol. The minimum atomic E-state index is -2.60. The largest absolute Gasteiger partial charge is 0.463 e. The molecule has 30 heavy (non-hydrogen) atoms. The third-order valence-corrected chi connectivity index (χ3v) is 10.2. The number of allylic oxidation sites excluding steroid dienone is 1. The number of carbonyl (C=O) groups excluding carboxylic acids is 1. The molecule has 2 aromatic rings. The molecule has 0 aliphatic heterocycles. The molecule has 1 atom stereocenters. The molecule has 0 aliphatic rings. The highest BCUT2D eigenvalue weighted by Gasteiger charge is 2.50. The van der Waals surface area contributed by atoms with Gasteiger partial charge in [0.15, 0.2) is 0 Å². The molecule has 0 N–H and O–H groups in total. The van der Waals surface area contributed by atoms with Crippen LogP contribution < -0.4 is 10.4 Å². The van der Waals surface area contributed by atoms with Crippen LogP contribution in [0.15, 0.2) is 85.5 Å². The first-order valence-electron chi connectivity index (χ1n) is 10.6. The zero-order chi connectivity index (χ0) is 22.0. The Morgan fingerprint density at radius 1 is 1.03 bits per heavy atom. The number of esters is 1. The van der Waals surface area contributed by atoms with Gasteiger partial charge in [-0.2, -0.15) is 0 Å². The van der Waals surface area contributed by atoms with Crippen LogP contribution >= 0.6 is 0 Å². The maximum absolute atomic E-state index is 11.8. The summed E-state index contributed by atoms with van der Waals surface area (Å²) >= 11 is 0. The molecule has 0 amide bonds. The Morgan fingerprint density at radius 3 is 2.00 bits per heavy atom. The van der Waals surface area contributed by atoms with E-state index >= 15 is 0 Å². The molecule has 0 saturated heterocycles. The molecule has 0 fully saturated rings. The van der Waals surface area contributed by atoms with Gasteiger partial charge in [0.2, 0.25) is 0 Å². The maximum Gasteiger partial charge on any atom is 0.330 e. The van der Waals surface area contributed by atoms with Crippen molar-refractivity contribution >= 4 is 24.7 Å². The van der Waals surface area contributed by atoms with Crippen molar-refractivity contribution in [1.82, 2.24) is 0 Å². The van der Waals surface area contributed by atoms with Crippen molar-refractivity contribution in [2.45, 2.75) is 39.2 Å². The lowest BCUT2D eigenvalue weighted by Crippen LogP contribution is -2.66. The molecule has 0 aromatic heterocycles. The molecule has 0 saturated carbocycles. The van der Waals surface area contributed by atoms with Gasteiger partial charge in [-0.25, -0.2) is 4.79 Å². The second kappa shape index (κ2) is 11.1. The summed E-state index contributed by atoms with van der Waals surface area (Å²) in [5.74, 6) is -0.273. The summed E-state index contributed by atoms with van der Waals surface area (Å²) < 4.78 is 12.0. The number of ether oxygens (including phenoxy) is 1. The lowest BCUT2D eigenvalue weighted by atomic mass is 10.1. The molecule has 160 valence electrons. The van der Waals surface area contributed by atoms with Gasteiger partial charge in [-0.05, 0) is 28.8 Å². The Labute approximate surface area is 182 Å². The van der Waals surface area contributed by atoms with Crippen LogP contribution in [0.4, 0.5) is 0 Å². The van der Waals surface area contributed by atoms with Crippen molar-refractivity contribution in [3.8, 4) is 0 Å². The van der Waals surface area contributed by atoms with E-state index < -0.39 is 8.32 Å². The number of rotatable bonds is 10. The van der Waals surface area contributed by atoms with E-state index in [4.69, 9.17) is 9.16 Å². The summed E-state index contributed by atoms with van der Waals surface area (Å²) in [5.41, 5.74) is 0. The molecule has 2 aromatic carbocycles. The maximum atomic E-state index is 11.8. The zero-order valence-electron chi connectivity index (χ0n) is 18.6. The summed E-state index contributed by atoms with van der Waals surface area (Å²) in [5, 5.41) is 2.41. The van der Waals surface area contributed by atoms with E-state index in [0.29, 0.717) is 13.2 Å². The third kappa shape index (κ3) is 5.80. The Hall–Kier alpha value is -2.43. The van der Waals surface area contributed by atoms with Crippen LogP contribution in [0.2, 0.25) is 5.04 Å². The quantitative estimate of drug-likeness (QED) is 0.237. The SMILES string of the molecule is C=CCC(/C=C/C(=O)OCC)CO[Si](c1ccccc1)(c1ccccc1)C(C)(C)C. The highest BCUT2D eigenvalue weighted by molar-refractivity contribution is 6.99. The normalized spacial score (nSPS) is 13.2. The molecule has 2 rings (SSSR count). The Morgan fingerprint density at radius 2 is 1.57 bits per heavy atom. The van der Waals surface area contributed by atoms with Crippen molar-refractivity contribution in [3.63, 3.8) is 0 Å². The van der Waals surface area contributed by atoms with Crippen LogP contribution in [-0.2, 0) is 14.0 Å². The Balaban J connectivity index is 2.44. The fraction of sp³-hybridized carbons (Fsp3) is 0.346. The molecule has 0 aliphatic carbocycles. The summed E-state index contributed by atoms with van der Waals surface area (Å²) in [6, 6.07) is 21.1. The smallest absolute Gasteiger partial charge is 0.330 e. The van der Waals surface area contributed by atoms with Crippen molar-refractivity contribution in [2.24, 2.45) is 5.92 Å². The van der Waals surface area contributed by atoms with Crippen molar-refractivity contribution in [1.29, 1.82) is 0 Å². The number of hydrogen-bond donors (Lipinski definition) is 0. The van der Waals surface area contributed by atoms with Crippen LogP contribution in [-0.4, -0.2) is 27.5 Å². The molecule has 1 unspecified atom stereocenters. The van der Waals surface area contributed by atoms with Gasteiger partial charge in [-0.1, -0.05) is 93.6 Å². The number of carbonyl (C=O) groups is 1. The Bertz CT molecular complexity index is 783. The predicted octanol–water partition coefficient (Wildman–Crippen LogP) is 4.87. The van der Waals surface area contributed by atoms with Crippen LogP contribution in [0, 0.1) is 5.92 Å². The molecular weight excluding hydrogens is 388 g/mol. The fourth-order valence-electron chi connectivity index (χ4n) is 3.81. The van der Waals surface area contributed by atoms with Gasteiger partial charge in [0, 0.05) is 18.6 Å². The van der Waals surface area contributed by atoms with Gasteiger partial charge in [-0.15, -0.1) is 6.58 Å². The van der Waals surface area contributed by atoms with Gasteiger partial charge in [-0.3, -0.25) is 0 Å². The summed E-state index contributed by atoms with van der Waals surface area (Å²) in [7, 11) is -2.60. The topological polar surface area (TPSA) is 35.5 Å². The summed E-state index contributed by atoms with van der Waals surface area (Å²) in [6.45, 7) is 13.3. The van der Waals surface area contributed by atoms with Gasteiger partial charge >= 0.3 is 5.97 Å². The molecule has 0 radical (unpaired) electrons. The monoisotopic (exact) mass is 422 g/mol. The van der Waals surface area contributed by atoms with Crippen LogP contribution in [0.3, 0.4) is 0 Å². The van der Waals surface area contributed by atoms with E-state index in [1.807, 2.05) is 24.3 Å². The second-order valence-corrected chi connectivity index (χ2v) is 12.7. The molecule has 0 spiro atoms. The van der Waals surface area contributed by atoms with Crippen LogP contribution in [0.25, 0.3) is 0 Å². The first-order valence-corrected chi connectivity index (χ1v) is 12.5. The van der Waals surface area contributed by atoms with Crippen LogP contribution in [0.5, 0.6) is 0 Å². The van der Waals surface area contributed by atoms with Crippen molar-refractivity contribution < 1.29 is 14.0 Å². The van der Waals surface area contributed by atoms with Crippen LogP contribution in [0.1, 0.15) is 34.1 Å². The zero-order valence-corrected chi connectivity index (χ0v) is 19.6. The average Bonchev–Trinajstić information content (AvgIpc) is 2.73. The Kier molecular flexibility index (Phi) is 8.82. The van der Waals surface area contributed by atoms with Gasteiger partial charge in [0.25, 0.3) is 8.32 Å². The molecule has 4 heteroatoms. The highest BCUT2D eigenvalue weighted by Crippen LogP contribution is 2.37. The van der Waals surface area contributed by atoms with E-state index in [-0.39, 0.29) is 16.9 Å². The molecule has 0 heterocycles. The minimum Gasteiger partial charge on any atom is -0.463 e. The summed E-state index contributed by atoms with van der Waals surface area (Å²) in [6.07, 6.45) is 5.99. The standard InChI is InChI=1S/C26H34O3Si/c1-6-14-22(19-20-25(27)28-7-2)21-29-30(26(3,4)5,23-15-10-8-11-16-23)24-17-12-9-13-18-24/h6,8-13,15-20,22H,1,7,14,21H2,2-5H3/b20-19+. The molecular formula is C26H34O3Si. The highest BCUT2D eigenvalue weighted by atomic mass is 28.4. The molecule has 3 nitrogen and oxygen atoms in total. The van der Waals surface area contributed by atoms with E-state index in [9.17, 15) is 4.79 Å². The third-order valence-electron chi connectivity index (χ3n) is 5.19. The lowest BCUT2D eigenvalue weighted by molar-refractivity contribution is -0.137. The lowest BCUT2D eigenvalue weighted by Gasteiger charge is -2.43. The first-order chi connectivity index (χ1) is 14.3. The van der Waals surface area contributed by atoms with Gasteiger partial charge in [0.1, 0.15) is 0 Å². The minimum absolute atomic E-state index is 0.0496.